The summed E-state index contributed by atoms with van der Waals surface area (Å²) in [4.78, 5) is 14.2. The molecule has 1 unspecified atom stereocenters. The minimum Gasteiger partial charge on any atom is -0.872 e. The van der Waals surface area contributed by atoms with E-state index in [0.717, 1.165) is 35.9 Å². The third kappa shape index (κ3) is 3.54. The molecule has 0 fully saturated rings. The molecule has 1 aliphatic rings. The summed E-state index contributed by atoms with van der Waals surface area (Å²) < 4.78 is 8.02. The summed E-state index contributed by atoms with van der Waals surface area (Å²) in [5, 5.41) is 13.6. The van der Waals surface area contributed by atoms with Crippen LogP contribution in [0, 0.1) is 0 Å². The summed E-state index contributed by atoms with van der Waals surface area (Å²) in [6.45, 7) is 3.68. The van der Waals surface area contributed by atoms with Gasteiger partial charge in [0.1, 0.15) is 12.3 Å². The number of allylic oxidation sites excluding steroid dienone is 1. The molecule has 29 heavy (non-hydrogen) atoms. The molecule has 0 saturated heterocycles. The van der Waals surface area contributed by atoms with Crippen molar-refractivity contribution >= 4 is 22.8 Å². The number of quaternary nitrogens is 1. The predicted octanol–water partition coefficient (Wildman–Crippen LogP) is 2.68. The quantitative estimate of drug-likeness (QED) is 0.659. The number of unbranched alkanes of at least 4 members (excludes halogenated alkanes) is 1. The molecular weight excluding hydrogens is 364 g/mol. The Balaban J connectivity index is 1.69. The van der Waals surface area contributed by atoms with E-state index in [0.29, 0.717) is 23.4 Å². The maximum absolute atomic E-state index is 13.0. The van der Waals surface area contributed by atoms with Crippen molar-refractivity contribution in [3.8, 4) is 11.5 Å². The van der Waals surface area contributed by atoms with Crippen LogP contribution in [0.4, 0.5) is 0 Å². The summed E-state index contributed by atoms with van der Waals surface area (Å²) in [6.07, 6.45) is 5.98. The summed E-state index contributed by atoms with van der Waals surface area (Å²) >= 11 is 0. The molecule has 5 heteroatoms. The number of aromatic nitrogens is 1. The van der Waals surface area contributed by atoms with Gasteiger partial charge in [-0.15, -0.1) is 0 Å². The molecule has 4 rings (SSSR count). The van der Waals surface area contributed by atoms with Gasteiger partial charge < -0.3 is 19.3 Å². The Kier molecular flexibility index (Phi) is 5.16. The van der Waals surface area contributed by atoms with Gasteiger partial charge in [0, 0.05) is 35.3 Å². The van der Waals surface area contributed by atoms with Gasteiger partial charge in [-0.25, -0.2) is 0 Å². The Morgan fingerprint density at radius 1 is 1.21 bits per heavy atom. The Morgan fingerprint density at radius 2 is 2.00 bits per heavy atom. The molecule has 5 nitrogen and oxygen atoms in total. The second-order valence-corrected chi connectivity index (χ2v) is 7.81. The van der Waals surface area contributed by atoms with E-state index in [1.165, 1.54) is 11.0 Å². The van der Waals surface area contributed by atoms with Crippen LogP contribution in [0.25, 0.3) is 17.0 Å². The van der Waals surface area contributed by atoms with Crippen LogP contribution in [0.5, 0.6) is 11.5 Å². The van der Waals surface area contributed by atoms with Crippen LogP contribution in [0.2, 0.25) is 0 Å². The molecule has 1 N–H and O–H groups in total. The number of aryl methyl sites for hydroxylation is 1. The number of fused-ring (bicyclic) bond motifs is 2. The van der Waals surface area contributed by atoms with Crippen molar-refractivity contribution in [2.75, 3.05) is 13.6 Å². The molecule has 150 valence electrons. The van der Waals surface area contributed by atoms with Crippen molar-refractivity contribution < 1.29 is 19.5 Å². The number of carbonyl (C=O) groups is 1. The van der Waals surface area contributed by atoms with Crippen molar-refractivity contribution in [2.45, 2.75) is 26.3 Å². The molecule has 2 heterocycles. The number of para-hydroxylation sites is 1. The fraction of sp³-hybridized carbons (Fsp3) is 0.292. The zero-order valence-electron chi connectivity index (χ0n) is 17.1. The average molecular weight is 390 g/mol. The highest BCUT2D eigenvalue weighted by atomic mass is 16.5. The molecule has 2 aromatic carbocycles. The molecule has 0 amide bonds. The second kappa shape index (κ2) is 7.76. The van der Waals surface area contributed by atoms with Crippen molar-refractivity contribution in [3.05, 3.63) is 65.0 Å². The van der Waals surface area contributed by atoms with Crippen LogP contribution in [0.15, 0.2) is 48.4 Å². The number of ketones is 1. The molecule has 1 atom stereocenters. The van der Waals surface area contributed by atoms with Gasteiger partial charge in [-0.1, -0.05) is 43.4 Å². The van der Waals surface area contributed by atoms with E-state index < -0.39 is 0 Å². The SMILES string of the molecule is CCCC[NH+](C)Cc1c([O-])ccc2c1O/C(=C/c1cn(C)c3ccccc13)C2=O. The van der Waals surface area contributed by atoms with E-state index in [1.54, 1.807) is 12.1 Å². The lowest BCUT2D eigenvalue weighted by molar-refractivity contribution is -0.894. The number of hydrogen-bond donors (Lipinski definition) is 1. The number of ether oxygens (including phenoxy) is 1. The number of benzene rings is 2. The van der Waals surface area contributed by atoms with E-state index in [2.05, 4.69) is 14.0 Å². The first-order valence-electron chi connectivity index (χ1n) is 10.1. The number of rotatable bonds is 6. The lowest BCUT2D eigenvalue weighted by atomic mass is 10.0. The summed E-state index contributed by atoms with van der Waals surface area (Å²) in [5.41, 5.74) is 3.08. The van der Waals surface area contributed by atoms with Crippen molar-refractivity contribution in [3.63, 3.8) is 0 Å². The number of Topliss-reactive ketones (excluding diaryl/α,β-unsaturated/α-hetero) is 1. The number of nitrogens with zero attached hydrogens (tertiary/aromatic N) is 1. The Morgan fingerprint density at radius 3 is 2.79 bits per heavy atom. The van der Waals surface area contributed by atoms with E-state index in [9.17, 15) is 9.90 Å². The normalized spacial score (nSPS) is 15.7. The number of carbonyl (C=O) groups excluding carboxylic acids is 1. The molecule has 0 aliphatic carbocycles. The van der Waals surface area contributed by atoms with E-state index in [1.807, 2.05) is 42.1 Å². The average Bonchev–Trinajstić information content (AvgIpc) is 3.20. The zero-order chi connectivity index (χ0) is 20.5. The van der Waals surface area contributed by atoms with Gasteiger partial charge in [0.15, 0.2) is 5.76 Å². The topological polar surface area (TPSA) is 58.7 Å². The monoisotopic (exact) mass is 390 g/mol. The molecule has 1 aliphatic heterocycles. The summed E-state index contributed by atoms with van der Waals surface area (Å²) in [7, 11) is 4.05. The van der Waals surface area contributed by atoms with Crippen molar-refractivity contribution in [1.82, 2.24) is 4.57 Å². The number of hydrogen-bond acceptors (Lipinski definition) is 3. The van der Waals surface area contributed by atoms with Crippen LogP contribution in [0.1, 0.15) is 41.3 Å². The highest BCUT2D eigenvalue weighted by Crippen LogP contribution is 2.38. The van der Waals surface area contributed by atoms with Gasteiger partial charge in [0.25, 0.3) is 0 Å². The van der Waals surface area contributed by atoms with Gasteiger partial charge in [0.05, 0.1) is 19.2 Å². The zero-order valence-corrected chi connectivity index (χ0v) is 17.1. The standard InChI is InChI=1S/C24H26N2O3/c1-4-5-12-25(2)15-19-21(27)11-10-18-23(28)22(29-24(18)19)13-16-14-26(3)20-9-7-6-8-17(16)20/h6-11,13-14,27H,4-5,12,15H2,1-3H3/b22-13+. The van der Waals surface area contributed by atoms with Crippen molar-refractivity contribution in [1.29, 1.82) is 0 Å². The first kappa shape index (κ1) is 19.3. The molecular formula is C24H26N2O3. The lowest BCUT2D eigenvalue weighted by Crippen LogP contribution is -3.07. The van der Waals surface area contributed by atoms with Gasteiger partial charge in [-0.3, -0.25) is 4.79 Å². The second-order valence-electron chi connectivity index (χ2n) is 7.81. The van der Waals surface area contributed by atoms with Gasteiger partial charge in [-0.2, -0.15) is 0 Å². The first-order valence-corrected chi connectivity index (χ1v) is 10.1. The smallest absolute Gasteiger partial charge is 0.231 e. The van der Waals surface area contributed by atoms with Gasteiger partial charge in [0.2, 0.25) is 5.78 Å². The Labute approximate surface area is 170 Å². The lowest BCUT2D eigenvalue weighted by Gasteiger charge is -2.20. The molecule has 0 spiro atoms. The van der Waals surface area contributed by atoms with Crippen LogP contribution < -0.4 is 14.7 Å². The third-order valence-electron chi connectivity index (χ3n) is 5.55. The van der Waals surface area contributed by atoms with Gasteiger partial charge in [-0.05, 0) is 24.6 Å². The van der Waals surface area contributed by atoms with Crippen LogP contribution in [-0.4, -0.2) is 23.9 Å². The Hall–Kier alpha value is -3.05. The Bertz CT molecular complexity index is 1110. The molecule has 1 aromatic heterocycles. The van der Waals surface area contributed by atoms with E-state index in [4.69, 9.17) is 4.74 Å². The van der Waals surface area contributed by atoms with Gasteiger partial charge >= 0.3 is 0 Å². The van der Waals surface area contributed by atoms with Crippen LogP contribution in [-0.2, 0) is 13.6 Å². The number of nitrogens with one attached hydrogen (secondary N) is 1. The molecule has 0 saturated carbocycles. The third-order valence-corrected chi connectivity index (χ3v) is 5.55. The molecule has 0 radical (unpaired) electrons. The highest BCUT2D eigenvalue weighted by Gasteiger charge is 2.31. The fourth-order valence-corrected chi connectivity index (χ4v) is 3.95. The predicted molar refractivity (Wildman–Crippen MR) is 112 cm³/mol. The van der Waals surface area contributed by atoms with E-state index in [-0.39, 0.29) is 17.3 Å². The van der Waals surface area contributed by atoms with Crippen LogP contribution in [0.3, 0.4) is 0 Å². The maximum atomic E-state index is 13.0. The summed E-state index contributed by atoms with van der Waals surface area (Å²) in [6, 6.07) is 11.1. The maximum Gasteiger partial charge on any atom is 0.231 e. The molecule has 0 bridgehead atoms. The minimum absolute atomic E-state index is 0.0705. The minimum atomic E-state index is -0.166. The fourth-order valence-electron chi connectivity index (χ4n) is 3.95. The van der Waals surface area contributed by atoms with E-state index >= 15 is 0 Å². The highest BCUT2D eigenvalue weighted by molar-refractivity contribution is 6.15. The first-order chi connectivity index (χ1) is 14.0. The largest absolute Gasteiger partial charge is 0.872 e. The van der Waals surface area contributed by atoms with Crippen molar-refractivity contribution in [2.24, 2.45) is 7.05 Å². The molecule has 3 aromatic rings. The van der Waals surface area contributed by atoms with Crippen LogP contribution >= 0.6 is 0 Å². The summed E-state index contributed by atoms with van der Waals surface area (Å²) in [5.74, 6) is 0.471.